The number of fused-ring (bicyclic) bond motifs is 1. The molecule has 2 aromatic rings. The highest BCUT2D eigenvalue weighted by Gasteiger charge is 2.16. The first-order valence-electron chi connectivity index (χ1n) is 8.47. The summed E-state index contributed by atoms with van der Waals surface area (Å²) in [6.45, 7) is 3.29. The number of hydrogen-bond donors (Lipinski definition) is 1. The molecule has 1 aromatic heterocycles. The summed E-state index contributed by atoms with van der Waals surface area (Å²) in [6.07, 6.45) is 9.58. The number of unbranched alkanes of at least 4 members (excludes halogenated alkanes) is 4. The van der Waals surface area contributed by atoms with Crippen molar-refractivity contribution in [2.75, 3.05) is 12.0 Å². The van der Waals surface area contributed by atoms with Crippen LogP contribution in [0.4, 0.5) is 0 Å². The molecular formula is C18H29N3S. The lowest BCUT2D eigenvalue weighted by Crippen LogP contribution is -2.17. The Morgan fingerprint density at radius 2 is 1.95 bits per heavy atom. The van der Waals surface area contributed by atoms with Crippen molar-refractivity contribution < 1.29 is 0 Å². The highest BCUT2D eigenvalue weighted by Crippen LogP contribution is 2.23. The minimum atomic E-state index is 0.0375. The van der Waals surface area contributed by atoms with Gasteiger partial charge in [-0.3, -0.25) is 0 Å². The molecule has 2 N–H and O–H groups in total. The SMILES string of the molecule is CCCCCCCn1c(C(N)CCSC)nc2ccccc21. The van der Waals surface area contributed by atoms with Gasteiger partial charge in [-0.1, -0.05) is 44.7 Å². The zero-order valence-corrected chi connectivity index (χ0v) is 14.7. The van der Waals surface area contributed by atoms with Crippen molar-refractivity contribution >= 4 is 22.8 Å². The Balaban J connectivity index is 2.13. The van der Waals surface area contributed by atoms with Gasteiger partial charge in [0.25, 0.3) is 0 Å². The predicted octanol–water partition coefficient (Wildman–Crippen LogP) is 4.76. The van der Waals surface area contributed by atoms with Crippen LogP contribution in [0.3, 0.4) is 0 Å². The topological polar surface area (TPSA) is 43.8 Å². The molecule has 122 valence electrons. The van der Waals surface area contributed by atoms with Crippen molar-refractivity contribution in [3.05, 3.63) is 30.1 Å². The van der Waals surface area contributed by atoms with Crippen LogP contribution >= 0.6 is 11.8 Å². The van der Waals surface area contributed by atoms with Gasteiger partial charge < -0.3 is 10.3 Å². The number of para-hydroxylation sites is 2. The van der Waals surface area contributed by atoms with Crippen LogP contribution < -0.4 is 5.73 Å². The fourth-order valence-electron chi connectivity index (χ4n) is 2.86. The fourth-order valence-corrected chi connectivity index (χ4v) is 3.35. The Hall–Kier alpha value is -1.00. The van der Waals surface area contributed by atoms with E-state index < -0.39 is 0 Å². The summed E-state index contributed by atoms with van der Waals surface area (Å²) >= 11 is 1.85. The highest BCUT2D eigenvalue weighted by atomic mass is 32.2. The van der Waals surface area contributed by atoms with Crippen molar-refractivity contribution in [2.24, 2.45) is 5.73 Å². The number of imidazole rings is 1. The minimum Gasteiger partial charge on any atom is -0.327 e. The number of aryl methyl sites for hydroxylation is 1. The maximum atomic E-state index is 6.40. The molecule has 1 aromatic carbocycles. The molecule has 0 fully saturated rings. The molecule has 3 nitrogen and oxygen atoms in total. The Kier molecular flexibility index (Phi) is 7.26. The molecule has 0 saturated carbocycles. The zero-order chi connectivity index (χ0) is 15.8. The van der Waals surface area contributed by atoms with Gasteiger partial charge in [0.15, 0.2) is 0 Å². The number of hydrogen-bond acceptors (Lipinski definition) is 3. The monoisotopic (exact) mass is 319 g/mol. The van der Waals surface area contributed by atoms with Crippen LogP contribution in [0.2, 0.25) is 0 Å². The number of rotatable bonds is 10. The molecule has 0 radical (unpaired) electrons. The van der Waals surface area contributed by atoms with Crippen LogP contribution in [-0.2, 0) is 6.54 Å². The summed E-state index contributed by atoms with van der Waals surface area (Å²) in [5.74, 6) is 2.15. The quantitative estimate of drug-likeness (QED) is 0.642. The standard InChI is InChI=1S/C18H29N3S/c1-3-4-5-6-9-13-21-17-11-8-7-10-16(17)20-18(21)15(19)12-14-22-2/h7-8,10-11,15H,3-6,9,12-14,19H2,1-2H3. The lowest BCUT2D eigenvalue weighted by atomic mass is 10.1. The van der Waals surface area contributed by atoms with E-state index in [9.17, 15) is 0 Å². The Labute approximate surface area is 138 Å². The first-order chi connectivity index (χ1) is 10.8. The van der Waals surface area contributed by atoms with Crippen molar-refractivity contribution in [1.29, 1.82) is 0 Å². The molecule has 0 bridgehead atoms. The summed E-state index contributed by atoms with van der Waals surface area (Å²) < 4.78 is 2.35. The van der Waals surface area contributed by atoms with Crippen LogP contribution in [0, 0.1) is 0 Å². The summed E-state index contributed by atoms with van der Waals surface area (Å²) in [5, 5.41) is 0. The number of nitrogens with zero attached hydrogens (tertiary/aromatic N) is 2. The van der Waals surface area contributed by atoms with Crippen LogP contribution in [0.25, 0.3) is 11.0 Å². The maximum Gasteiger partial charge on any atom is 0.126 e. The molecule has 0 aliphatic rings. The average molecular weight is 320 g/mol. The van der Waals surface area contributed by atoms with E-state index in [0.29, 0.717) is 0 Å². The van der Waals surface area contributed by atoms with E-state index in [1.807, 2.05) is 11.8 Å². The van der Waals surface area contributed by atoms with Gasteiger partial charge in [-0.25, -0.2) is 4.98 Å². The van der Waals surface area contributed by atoms with Gasteiger partial charge in [0.1, 0.15) is 5.82 Å². The first-order valence-corrected chi connectivity index (χ1v) is 9.87. The maximum absolute atomic E-state index is 6.40. The molecule has 1 unspecified atom stereocenters. The minimum absolute atomic E-state index is 0.0375. The number of nitrogens with two attached hydrogens (primary N) is 1. The van der Waals surface area contributed by atoms with Crippen LogP contribution in [0.1, 0.15) is 57.3 Å². The highest BCUT2D eigenvalue weighted by molar-refractivity contribution is 7.98. The fraction of sp³-hybridized carbons (Fsp3) is 0.611. The van der Waals surface area contributed by atoms with Gasteiger partial charge in [-0.15, -0.1) is 0 Å². The predicted molar refractivity (Wildman–Crippen MR) is 98.4 cm³/mol. The number of aromatic nitrogens is 2. The van der Waals surface area contributed by atoms with Crippen LogP contribution in [-0.4, -0.2) is 21.6 Å². The molecule has 0 amide bonds. The van der Waals surface area contributed by atoms with Gasteiger partial charge in [-0.2, -0.15) is 11.8 Å². The molecule has 2 rings (SSSR count). The van der Waals surface area contributed by atoms with E-state index in [2.05, 4.69) is 42.0 Å². The van der Waals surface area contributed by atoms with E-state index in [-0.39, 0.29) is 6.04 Å². The van der Waals surface area contributed by atoms with E-state index in [0.717, 1.165) is 30.1 Å². The molecule has 0 aliphatic heterocycles. The third-order valence-electron chi connectivity index (χ3n) is 4.13. The summed E-state index contributed by atoms with van der Waals surface area (Å²) in [7, 11) is 0. The van der Waals surface area contributed by atoms with Gasteiger partial charge in [0.2, 0.25) is 0 Å². The number of benzene rings is 1. The normalized spacial score (nSPS) is 12.9. The lowest BCUT2D eigenvalue weighted by Gasteiger charge is -2.14. The molecule has 0 aliphatic carbocycles. The van der Waals surface area contributed by atoms with Crippen molar-refractivity contribution in [1.82, 2.24) is 9.55 Å². The molecule has 22 heavy (non-hydrogen) atoms. The van der Waals surface area contributed by atoms with Crippen molar-refractivity contribution in [3.8, 4) is 0 Å². The Bertz CT molecular complexity index is 564. The Morgan fingerprint density at radius 3 is 2.73 bits per heavy atom. The third-order valence-corrected chi connectivity index (χ3v) is 4.78. The molecule has 1 atom stereocenters. The van der Waals surface area contributed by atoms with Crippen molar-refractivity contribution in [2.45, 2.75) is 58.0 Å². The zero-order valence-electron chi connectivity index (χ0n) is 13.9. The largest absolute Gasteiger partial charge is 0.327 e. The molecule has 1 heterocycles. The van der Waals surface area contributed by atoms with Crippen LogP contribution in [0.15, 0.2) is 24.3 Å². The second kappa shape index (κ2) is 9.21. The van der Waals surface area contributed by atoms with Gasteiger partial charge in [0, 0.05) is 6.54 Å². The van der Waals surface area contributed by atoms with Crippen molar-refractivity contribution in [3.63, 3.8) is 0 Å². The second-order valence-corrected chi connectivity index (χ2v) is 6.90. The molecule has 4 heteroatoms. The van der Waals surface area contributed by atoms with E-state index in [4.69, 9.17) is 10.7 Å². The molecular weight excluding hydrogens is 290 g/mol. The molecule has 0 saturated heterocycles. The second-order valence-electron chi connectivity index (χ2n) is 5.91. The van der Waals surface area contributed by atoms with E-state index in [1.165, 1.54) is 37.6 Å². The first kappa shape index (κ1) is 17.4. The Morgan fingerprint density at radius 1 is 1.18 bits per heavy atom. The summed E-state index contributed by atoms with van der Waals surface area (Å²) in [4.78, 5) is 4.81. The molecule has 0 spiro atoms. The van der Waals surface area contributed by atoms with E-state index in [1.54, 1.807) is 0 Å². The lowest BCUT2D eigenvalue weighted by molar-refractivity contribution is 0.536. The van der Waals surface area contributed by atoms with Gasteiger partial charge in [-0.05, 0) is 37.0 Å². The summed E-state index contributed by atoms with van der Waals surface area (Å²) in [5.41, 5.74) is 8.70. The van der Waals surface area contributed by atoms with Gasteiger partial charge >= 0.3 is 0 Å². The van der Waals surface area contributed by atoms with E-state index >= 15 is 0 Å². The number of thioether (sulfide) groups is 1. The third kappa shape index (κ3) is 4.50. The van der Waals surface area contributed by atoms with Gasteiger partial charge in [0.05, 0.1) is 17.1 Å². The smallest absolute Gasteiger partial charge is 0.126 e. The van der Waals surface area contributed by atoms with Crippen LogP contribution in [0.5, 0.6) is 0 Å². The average Bonchev–Trinajstić information content (AvgIpc) is 2.91. The summed E-state index contributed by atoms with van der Waals surface area (Å²) in [6, 6.07) is 8.44.